The molecule has 0 saturated heterocycles. The topological polar surface area (TPSA) is 56.4 Å². The lowest BCUT2D eigenvalue weighted by atomic mass is 9.89. The Morgan fingerprint density at radius 1 is 0.305 bits per heavy atom. The number of pyridine rings is 1. The second-order valence-electron chi connectivity index (χ2n) is 22.1. The van der Waals surface area contributed by atoms with Crippen molar-refractivity contribution in [3.63, 3.8) is 0 Å². The first-order valence-corrected chi connectivity index (χ1v) is 28.1. The SMILES string of the molecule is Cc1ccc2c(c1)c1cc(C)ccc1n2-c1c(-n2c3ccccc3c3ccccc32)c(C#N)c(-c2ccc(-c3ccccc3)nc2-c2ccccc2)c(-n2c3ccccc3c3ccccc32)c1-n1c2ccc(C)cc2c2cc(C)ccc21. The van der Waals surface area contributed by atoms with Crippen molar-refractivity contribution in [3.8, 4) is 62.5 Å². The van der Waals surface area contributed by atoms with Gasteiger partial charge < -0.3 is 18.3 Å². The summed E-state index contributed by atoms with van der Waals surface area (Å²) in [6.07, 6.45) is 0. The summed E-state index contributed by atoms with van der Waals surface area (Å²) in [6, 6.07) is 90.8. The lowest BCUT2D eigenvalue weighted by Gasteiger charge is -2.30. The van der Waals surface area contributed by atoms with Gasteiger partial charge in [-0.25, -0.2) is 4.98 Å². The third kappa shape index (κ3) is 6.90. The van der Waals surface area contributed by atoms with E-state index < -0.39 is 0 Å². The molecule has 0 unspecified atom stereocenters. The number of nitrogens with zero attached hydrogens (tertiary/aromatic N) is 6. The molecule has 0 spiro atoms. The van der Waals surface area contributed by atoms with Crippen LogP contribution in [0.15, 0.2) is 243 Å². The van der Waals surface area contributed by atoms with Gasteiger partial charge in [0.1, 0.15) is 6.07 Å². The molecule has 0 aliphatic carbocycles. The van der Waals surface area contributed by atoms with Gasteiger partial charge in [0, 0.05) is 65.3 Å². The molecule has 5 heterocycles. The maximum absolute atomic E-state index is 13.1. The Balaban J connectivity index is 1.28. The predicted octanol–water partition coefficient (Wildman–Crippen LogP) is 19.6. The Hall–Kier alpha value is -10.7. The molecule has 0 atom stereocenters. The molecule has 386 valence electrons. The molecule has 5 aromatic heterocycles. The predicted molar refractivity (Wildman–Crippen MR) is 342 cm³/mol. The maximum atomic E-state index is 13.1. The van der Waals surface area contributed by atoms with Crippen LogP contribution in [0.3, 0.4) is 0 Å². The number of aromatic nitrogens is 5. The van der Waals surface area contributed by atoms with Crippen LogP contribution in [0.25, 0.3) is 144 Å². The Kier molecular flexibility index (Phi) is 10.5. The largest absolute Gasteiger partial charge is 0.306 e. The Morgan fingerprint density at radius 2 is 0.634 bits per heavy atom. The minimum Gasteiger partial charge on any atom is -0.306 e. The van der Waals surface area contributed by atoms with Crippen molar-refractivity contribution in [2.24, 2.45) is 0 Å². The minimum absolute atomic E-state index is 0.509. The van der Waals surface area contributed by atoms with Crippen molar-refractivity contribution >= 4 is 87.2 Å². The van der Waals surface area contributed by atoms with Gasteiger partial charge in [-0.15, -0.1) is 0 Å². The smallest absolute Gasteiger partial charge is 0.102 e. The van der Waals surface area contributed by atoms with E-state index in [1.807, 2.05) is 6.07 Å². The molecule has 0 aliphatic heterocycles. The van der Waals surface area contributed by atoms with E-state index in [9.17, 15) is 5.26 Å². The van der Waals surface area contributed by atoms with Gasteiger partial charge in [0.25, 0.3) is 0 Å². The van der Waals surface area contributed by atoms with Crippen LogP contribution in [0.4, 0.5) is 0 Å². The molecule has 0 fully saturated rings. The summed E-state index contributed by atoms with van der Waals surface area (Å²) in [7, 11) is 0. The van der Waals surface area contributed by atoms with E-state index in [2.05, 4.69) is 289 Å². The fourth-order valence-corrected chi connectivity index (χ4v) is 13.5. The van der Waals surface area contributed by atoms with Gasteiger partial charge in [0.2, 0.25) is 0 Å². The van der Waals surface area contributed by atoms with Gasteiger partial charge in [0.15, 0.2) is 0 Å². The van der Waals surface area contributed by atoms with Crippen LogP contribution in [0.1, 0.15) is 27.8 Å². The summed E-state index contributed by atoms with van der Waals surface area (Å²) in [5, 5.41) is 22.1. The standard InChI is InChI=1S/C76H52N6/c1-46-31-37-67-57(41-46)58-42-47(2)32-38-68(58)81(67)75-73(79-63-27-15-11-23-52(63)53-24-12-16-28-64(53)79)61(45-77)71(56-35-36-62(50-19-7-5-8-20-50)78-72(56)51-21-9-6-10-22-51)74(80-65-29-17-13-25-54(65)55-26-14-18-30-66(55)80)76(75)82-69-39-33-48(3)43-59(69)60-44-49(4)34-40-70(60)82/h5-44H,1-4H3. The molecule has 11 aromatic carbocycles. The molecule has 82 heavy (non-hydrogen) atoms. The average molecular weight is 1050 g/mol. The van der Waals surface area contributed by atoms with Gasteiger partial charge >= 0.3 is 0 Å². The van der Waals surface area contributed by atoms with Gasteiger partial charge in [-0.1, -0.05) is 180 Å². The zero-order valence-electron chi connectivity index (χ0n) is 45.8. The highest BCUT2D eigenvalue weighted by Gasteiger charge is 2.36. The number of rotatable bonds is 7. The number of benzene rings is 11. The van der Waals surface area contributed by atoms with E-state index in [0.717, 1.165) is 144 Å². The van der Waals surface area contributed by atoms with Crippen LogP contribution in [0, 0.1) is 39.0 Å². The second kappa shape index (κ2) is 18.2. The van der Waals surface area contributed by atoms with Gasteiger partial charge in [0.05, 0.1) is 83.8 Å². The average Bonchev–Trinajstić information content (AvgIpc) is 1.64. The normalized spacial score (nSPS) is 11.9. The van der Waals surface area contributed by atoms with Crippen molar-refractivity contribution in [2.45, 2.75) is 27.7 Å². The van der Waals surface area contributed by atoms with Crippen LogP contribution < -0.4 is 0 Å². The van der Waals surface area contributed by atoms with Gasteiger partial charge in [-0.05, 0) is 113 Å². The van der Waals surface area contributed by atoms with Crippen LogP contribution in [-0.4, -0.2) is 23.3 Å². The molecule has 0 saturated carbocycles. The summed E-state index contributed by atoms with van der Waals surface area (Å²) in [4.78, 5) is 5.75. The molecule has 0 bridgehead atoms. The number of nitriles is 1. The number of fused-ring (bicyclic) bond motifs is 12. The lowest BCUT2D eigenvalue weighted by Crippen LogP contribution is -2.17. The van der Waals surface area contributed by atoms with E-state index >= 15 is 0 Å². The van der Waals surface area contributed by atoms with Gasteiger partial charge in [-0.3, -0.25) is 0 Å². The Bertz CT molecular complexity index is 5160. The van der Waals surface area contributed by atoms with E-state index in [1.54, 1.807) is 0 Å². The van der Waals surface area contributed by atoms with E-state index in [1.165, 1.54) is 22.3 Å². The van der Waals surface area contributed by atoms with Crippen LogP contribution in [0.5, 0.6) is 0 Å². The molecule has 0 amide bonds. The fourth-order valence-electron chi connectivity index (χ4n) is 13.5. The zero-order valence-corrected chi connectivity index (χ0v) is 45.8. The maximum Gasteiger partial charge on any atom is 0.102 e. The van der Waals surface area contributed by atoms with E-state index in [-0.39, 0.29) is 0 Å². The number of para-hydroxylation sites is 4. The molecular formula is C76H52N6. The van der Waals surface area contributed by atoms with Crippen molar-refractivity contribution in [1.29, 1.82) is 5.26 Å². The molecule has 16 rings (SSSR count). The van der Waals surface area contributed by atoms with Gasteiger partial charge in [-0.2, -0.15) is 5.26 Å². The molecule has 6 heteroatoms. The molecule has 0 N–H and O–H groups in total. The quantitative estimate of drug-likeness (QED) is 0.160. The highest BCUT2D eigenvalue weighted by Crippen LogP contribution is 2.53. The molecule has 16 aromatic rings. The monoisotopic (exact) mass is 1050 g/mol. The Labute approximate surface area is 473 Å². The summed E-state index contributed by atoms with van der Waals surface area (Å²) in [6.45, 7) is 8.74. The highest BCUT2D eigenvalue weighted by atomic mass is 15.1. The highest BCUT2D eigenvalue weighted by molar-refractivity contribution is 6.18. The number of hydrogen-bond acceptors (Lipinski definition) is 2. The van der Waals surface area contributed by atoms with Crippen LogP contribution in [-0.2, 0) is 0 Å². The van der Waals surface area contributed by atoms with E-state index in [4.69, 9.17) is 4.98 Å². The van der Waals surface area contributed by atoms with Crippen molar-refractivity contribution in [1.82, 2.24) is 23.3 Å². The number of hydrogen-bond donors (Lipinski definition) is 0. The summed E-state index contributed by atoms with van der Waals surface area (Å²) in [5.41, 5.74) is 21.9. The van der Waals surface area contributed by atoms with Crippen LogP contribution >= 0.6 is 0 Å². The summed E-state index contributed by atoms with van der Waals surface area (Å²) in [5.74, 6) is 0. The lowest BCUT2D eigenvalue weighted by molar-refractivity contribution is 1.02. The number of aryl methyl sites for hydroxylation is 4. The molecule has 6 nitrogen and oxygen atoms in total. The third-order valence-corrected chi connectivity index (χ3v) is 17.0. The van der Waals surface area contributed by atoms with Crippen LogP contribution in [0.2, 0.25) is 0 Å². The second-order valence-corrected chi connectivity index (χ2v) is 22.1. The molecular weight excluding hydrogens is 997 g/mol. The fraction of sp³-hybridized carbons (Fsp3) is 0.0526. The first-order valence-electron chi connectivity index (χ1n) is 28.1. The van der Waals surface area contributed by atoms with Crippen molar-refractivity contribution in [3.05, 3.63) is 270 Å². The zero-order chi connectivity index (χ0) is 54.9. The first kappa shape index (κ1) is 47.3. The third-order valence-electron chi connectivity index (χ3n) is 17.0. The first-order chi connectivity index (χ1) is 40.3. The van der Waals surface area contributed by atoms with Crippen molar-refractivity contribution < 1.29 is 0 Å². The van der Waals surface area contributed by atoms with E-state index in [0.29, 0.717) is 5.56 Å². The minimum atomic E-state index is 0.509. The summed E-state index contributed by atoms with van der Waals surface area (Å²) < 4.78 is 9.90. The summed E-state index contributed by atoms with van der Waals surface area (Å²) >= 11 is 0. The molecule has 0 aliphatic rings. The molecule has 0 radical (unpaired) electrons. The Morgan fingerprint density at radius 3 is 1.04 bits per heavy atom. The van der Waals surface area contributed by atoms with Crippen molar-refractivity contribution in [2.75, 3.05) is 0 Å².